The van der Waals surface area contributed by atoms with Crippen molar-refractivity contribution in [2.75, 3.05) is 12.3 Å². The average molecular weight is 347 g/mol. The Hall–Kier alpha value is -1.11. The van der Waals surface area contributed by atoms with E-state index >= 15 is 0 Å². The monoisotopic (exact) mass is 346 g/mol. The number of amides is 1. The fraction of sp³-hybridized carbons (Fsp3) is 0.533. The maximum absolute atomic E-state index is 12.2. The first-order valence-corrected chi connectivity index (χ1v) is 9.10. The van der Waals surface area contributed by atoms with Crippen molar-refractivity contribution in [2.45, 2.75) is 37.6 Å². The molecule has 0 aromatic heterocycles. The van der Waals surface area contributed by atoms with E-state index in [1.165, 1.54) is 24.3 Å². The summed E-state index contributed by atoms with van der Waals surface area (Å²) in [5.41, 5.74) is 5.11. The van der Waals surface area contributed by atoms with Crippen LogP contribution in [0.15, 0.2) is 29.2 Å². The highest BCUT2D eigenvalue weighted by Crippen LogP contribution is 2.17. The summed E-state index contributed by atoms with van der Waals surface area (Å²) >= 11 is 5.73. The first-order valence-electron chi connectivity index (χ1n) is 7.07. The molecule has 0 saturated heterocycles. The Kier molecular flexibility index (Phi) is 6.40. The van der Waals surface area contributed by atoms with Crippen LogP contribution in [0.1, 0.15) is 27.2 Å². The van der Waals surface area contributed by atoms with Crippen molar-refractivity contribution < 1.29 is 13.2 Å². The number of carbonyl (C=O) groups excluding carboxylic acids is 1. The molecule has 1 atom stereocenters. The number of nitrogens with two attached hydrogens (primary N) is 1. The van der Waals surface area contributed by atoms with Gasteiger partial charge in [0.1, 0.15) is 5.75 Å². The number of carbonyl (C=O) groups is 1. The molecule has 0 aliphatic heterocycles. The Morgan fingerprint density at radius 3 is 2.32 bits per heavy atom. The molecular formula is C15H23ClN2O3S. The first kappa shape index (κ1) is 18.9. The van der Waals surface area contributed by atoms with Crippen LogP contribution in [0.4, 0.5) is 0 Å². The smallest absolute Gasteiger partial charge is 0.236 e. The number of hydrogen-bond donors (Lipinski definition) is 2. The van der Waals surface area contributed by atoms with Gasteiger partial charge in [0.15, 0.2) is 9.84 Å². The normalized spacial score (nSPS) is 14.6. The third-order valence-corrected chi connectivity index (χ3v) is 5.13. The minimum Gasteiger partial charge on any atom is -0.349 e. The van der Waals surface area contributed by atoms with Gasteiger partial charge >= 0.3 is 0 Å². The van der Waals surface area contributed by atoms with Crippen LogP contribution in [0, 0.1) is 5.92 Å². The van der Waals surface area contributed by atoms with Gasteiger partial charge in [-0.25, -0.2) is 8.42 Å². The van der Waals surface area contributed by atoms with E-state index < -0.39 is 27.0 Å². The fourth-order valence-corrected chi connectivity index (χ4v) is 3.62. The maximum atomic E-state index is 12.2. The zero-order valence-corrected chi connectivity index (χ0v) is 14.7. The van der Waals surface area contributed by atoms with Crippen LogP contribution in [0.2, 0.25) is 5.02 Å². The predicted octanol–water partition coefficient (Wildman–Crippen LogP) is 1.99. The van der Waals surface area contributed by atoms with Gasteiger partial charge in [-0.15, -0.1) is 0 Å². The van der Waals surface area contributed by atoms with Crippen molar-refractivity contribution in [3.8, 4) is 0 Å². The van der Waals surface area contributed by atoms with E-state index in [0.29, 0.717) is 17.4 Å². The van der Waals surface area contributed by atoms with Crippen molar-refractivity contribution >= 4 is 27.3 Å². The van der Waals surface area contributed by atoms with Crippen molar-refractivity contribution in [3.63, 3.8) is 0 Å². The van der Waals surface area contributed by atoms with Gasteiger partial charge in [0, 0.05) is 17.1 Å². The molecule has 0 bridgehead atoms. The van der Waals surface area contributed by atoms with Gasteiger partial charge in [-0.05, 0) is 43.5 Å². The summed E-state index contributed by atoms with van der Waals surface area (Å²) in [5, 5.41) is 3.18. The van der Waals surface area contributed by atoms with E-state index in [9.17, 15) is 13.2 Å². The van der Waals surface area contributed by atoms with Crippen LogP contribution in [-0.2, 0) is 14.6 Å². The van der Waals surface area contributed by atoms with Gasteiger partial charge in [-0.1, -0.05) is 25.4 Å². The Bertz CT molecular complexity index is 614. The molecule has 7 heteroatoms. The lowest BCUT2D eigenvalue weighted by Gasteiger charge is -2.31. The second-order valence-electron chi connectivity index (χ2n) is 6.12. The summed E-state index contributed by atoms with van der Waals surface area (Å²) in [6.07, 6.45) is 0.677. The SMILES string of the molecule is CC(C)CC(C)(CN)NC(=O)CS(=O)(=O)c1ccc(Cl)cc1. The molecule has 1 rings (SSSR count). The van der Waals surface area contributed by atoms with E-state index in [0.717, 1.165) is 0 Å². The minimum absolute atomic E-state index is 0.0744. The summed E-state index contributed by atoms with van der Waals surface area (Å²) in [6, 6.07) is 5.74. The van der Waals surface area contributed by atoms with Gasteiger partial charge in [-0.2, -0.15) is 0 Å². The van der Waals surface area contributed by atoms with E-state index in [1.807, 2.05) is 20.8 Å². The summed E-state index contributed by atoms with van der Waals surface area (Å²) in [6.45, 7) is 6.10. The van der Waals surface area contributed by atoms with Crippen molar-refractivity contribution in [1.82, 2.24) is 5.32 Å². The Labute approximate surface area is 137 Å². The molecule has 0 saturated carbocycles. The molecule has 0 radical (unpaired) electrons. The second kappa shape index (κ2) is 7.44. The first-order chi connectivity index (χ1) is 10.1. The van der Waals surface area contributed by atoms with Crippen molar-refractivity contribution in [2.24, 2.45) is 11.7 Å². The van der Waals surface area contributed by atoms with Gasteiger partial charge < -0.3 is 11.1 Å². The molecule has 124 valence electrons. The number of nitrogens with one attached hydrogen (secondary N) is 1. The van der Waals surface area contributed by atoms with Gasteiger partial charge in [0.2, 0.25) is 5.91 Å². The van der Waals surface area contributed by atoms with Gasteiger partial charge in [0.05, 0.1) is 4.90 Å². The molecule has 0 heterocycles. The molecule has 0 aliphatic rings. The Morgan fingerprint density at radius 2 is 1.86 bits per heavy atom. The number of rotatable bonds is 7. The molecule has 1 amide bonds. The standard InChI is InChI=1S/C15H23ClN2O3S/c1-11(2)8-15(3,10-17)18-14(19)9-22(20,21)13-6-4-12(16)5-7-13/h4-7,11H,8-10,17H2,1-3H3,(H,18,19). The fourth-order valence-electron chi connectivity index (χ4n) is 2.36. The molecule has 5 nitrogen and oxygen atoms in total. The van der Waals surface area contributed by atoms with Crippen LogP contribution in [0.25, 0.3) is 0 Å². The van der Waals surface area contributed by atoms with Crippen molar-refractivity contribution in [1.29, 1.82) is 0 Å². The summed E-state index contributed by atoms with van der Waals surface area (Å²) < 4.78 is 24.4. The molecule has 1 aromatic rings. The van der Waals surface area contributed by atoms with Gasteiger partial charge in [0.25, 0.3) is 0 Å². The van der Waals surface area contributed by atoms with Gasteiger partial charge in [-0.3, -0.25) is 4.79 Å². The molecule has 1 aromatic carbocycles. The minimum atomic E-state index is -3.70. The maximum Gasteiger partial charge on any atom is 0.236 e. The third kappa shape index (κ3) is 5.59. The lowest BCUT2D eigenvalue weighted by molar-refractivity contribution is -0.120. The third-order valence-electron chi connectivity index (χ3n) is 3.24. The molecular weight excluding hydrogens is 324 g/mol. The summed E-state index contributed by atoms with van der Waals surface area (Å²) in [5.74, 6) is -0.826. The van der Waals surface area contributed by atoms with Crippen LogP contribution in [-0.4, -0.2) is 32.2 Å². The quantitative estimate of drug-likeness (QED) is 0.790. The molecule has 0 spiro atoms. The number of benzene rings is 1. The Balaban J connectivity index is 2.81. The average Bonchev–Trinajstić information content (AvgIpc) is 2.37. The molecule has 0 aliphatic carbocycles. The van der Waals surface area contributed by atoms with Crippen LogP contribution >= 0.6 is 11.6 Å². The number of hydrogen-bond acceptors (Lipinski definition) is 4. The van der Waals surface area contributed by atoms with E-state index in [-0.39, 0.29) is 11.4 Å². The van der Waals surface area contributed by atoms with E-state index in [2.05, 4.69) is 5.32 Å². The van der Waals surface area contributed by atoms with E-state index in [1.54, 1.807) is 0 Å². The predicted molar refractivity (Wildman–Crippen MR) is 88.6 cm³/mol. The van der Waals surface area contributed by atoms with Crippen LogP contribution in [0.3, 0.4) is 0 Å². The second-order valence-corrected chi connectivity index (χ2v) is 8.55. The van der Waals surface area contributed by atoms with E-state index in [4.69, 9.17) is 17.3 Å². The number of sulfone groups is 1. The highest BCUT2D eigenvalue weighted by Gasteiger charge is 2.28. The highest BCUT2D eigenvalue weighted by atomic mass is 35.5. The van der Waals surface area contributed by atoms with Crippen LogP contribution in [0.5, 0.6) is 0 Å². The zero-order chi connectivity index (χ0) is 17.0. The largest absolute Gasteiger partial charge is 0.349 e. The summed E-state index contributed by atoms with van der Waals surface area (Å²) in [4.78, 5) is 12.2. The summed E-state index contributed by atoms with van der Waals surface area (Å²) in [7, 11) is -3.70. The molecule has 22 heavy (non-hydrogen) atoms. The molecule has 0 fully saturated rings. The lowest BCUT2D eigenvalue weighted by atomic mass is 9.91. The van der Waals surface area contributed by atoms with Crippen molar-refractivity contribution in [3.05, 3.63) is 29.3 Å². The molecule has 1 unspecified atom stereocenters. The highest BCUT2D eigenvalue weighted by molar-refractivity contribution is 7.92. The topological polar surface area (TPSA) is 89.3 Å². The zero-order valence-electron chi connectivity index (χ0n) is 13.1. The lowest BCUT2D eigenvalue weighted by Crippen LogP contribution is -2.53. The van der Waals surface area contributed by atoms with Crippen LogP contribution < -0.4 is 11.1 Å². The number of halogens is 1. The Morgan fingerprint density at radius 1 is 1.32 bits per heavy atom. The molecule has 3 N–H and O–H groups in total.